The summed E-state index contributed by atoms with van der Waals surface area (Å²) in [5, 5.41) is 0. The molecule has 0 heterocycles. The second kappa shape index (κ2) is 6.67. The van der Waals surface area contributed by atoms with Gasteiger partial charge in [0.1, 0.15) is 11.6 Å². The van der Waals surface area contributed by atoms with Crippen LogP contribution in [0, 0.1) is 11.6 Å². The molecule has 1 unspecified atom stereocenters. The third-order valence-electron chi connectivity index (χ3n) is 4.67. The van der Waals surface area contributed by atoms with E-state index in [0.29, 0.717) is 5.56 Å². The zero-order valence-corrected chi connectivity index (χ0v) is 15.0. The van der Waals surface area contributed by atoms with Crippen molar-refractivity contribution in [1.82, 2.24) is 0 Å². The van der Waals surface area contributed by atoms with Crippen LogP contribution in [0.5, 0.6) is 0 Å². The van der Waals surface area contributed by atoms with Gasteiger partial charge in [0.05, 0.1) is 18.1 Å². The fourth-order valence-electron chi connectivity index (χ4n) is 3.10. The zero-order valence-electron chi connectivity index (χ0n) is 13.4. The van der Waals surface area contributed by atoms with Crippen LogP contribution < -0.4 is 0 Å². The summed E-state index contributed by atoms with van der Waals surface area (Å²) < 4.78 is 31.0. The summed E-state index contributed by atoms with van der Waals surface area (Å²) >= 11 is 12.6. The van der Waals surface area contributed by atoms with Gasteiger partial charge >= 0.3 is 0 Å². The van der Waals surface area contributed by atoms with E-state index >= 15 is 0 Å². The van der Waals surface area contributed by atoms with Crippen molar-refractivity contribution in [2.75, 3.05) is 6.61 Å². The predicted molar refractivity (Wildman–Crippen MR) is 92.9 cm³/mol. The molecule has 0 bridgehead atoms. The number of halogens is 4. The summed E-state index contributed by atoms with van der Waals surface area (Å²) in [5.41, 5.74) is 0.257. The molecule has 2 aromatic rings. The van der Waals surface area contributed by atoms with Crippen LogP contribution in [-0.4, -0.2) is 16.7 Å². The molecule has 0 aromatic heterocycles. The first-order valence-corrected chi connectivity index (χ1v) is 8.56. The highest BCUT2D eigenvalue weighted by molar-refractivity contribution is 6.61. The van der Waals surface area contributed by atoms with E-state index in [1.165, 1.54) is 12.1 Å². The molecular weight excluding hydrogens is 369 g/mol. The van der Waals surface area contributed by atoms with Crippen LogP contribution in [0.1, 0.15) is 30.6 Å². The minimum Gasteiger partial charge on any atom is -0.373 e. The highest BCUT2D eigenvalue weighted by Crippen LogP contribution is 2.56. The minimum absolute atomic E-state index is 0.0506. The van der Waals surface area contributed by atoms with Gasteiger partial charge in [-0.15, -0.1) is 0 Å². The van der Waals surface area contributed by atoms with Crippen LogP contribution >= 0.6 is 23.2 Å². The van der Waals surface area contributed by atoms with Crippen molar-refractivity contribution in [1.29, 1.82) is 0 Å². The van der Waals surface area contributed by atoms with Crippen LogP contribution in [0.4, 0.5) is 8.78 Å². The Balaban J connectivity index is 1.84. The minimum atomic E-state index is -1.60. The third kappa shape index (κ3) is 3.19. The third-order valence-corrected chi connectivity index (χ3v) is 5.82. The number of Topliss-reactive ketones (excluding diaryl/α,β-unsaturated/α-hetero) is 1. The number of hydrogen-bond donors (Lipinski definition) is 0. The van der Waals surface area contributed by atoms with E-state index in [2.05, 4.69) is 0 Å². The van der Waals surface area contributed by atoms with Crippen molar-refractivity contribution in [3.63, 3.8) is 0 Å². The van der Waals surface area contributed by atoms with Gasteiger partial charge in [-0.2, -0.15) is 0 Å². The molecule has 3 rings (SSSR count). The lowest BCUT2D eigenvalue weighted by Crippen LogP contribution is -2.63. The Morgan fingerprint density at radius 1 is 1.12 bits per heavy atom. The Labute approximate surface area is 154 Å². The first kappa shape index (κ1) is 18.3. The Bertz CT molecular complexity index is 775. The van der Waals surface area contributed by atoms with Crippen LogP contribution in [0.3, 0.4) is 0 Å². The summed E-state index contributed by atoms with van der Waals surface area (Å²) in [7, 11) is 0. The fourth-order valence-corrected chi connectivity index (χ4v) is 3.69. The molecule has 1 saturated carbocycles. The highest BCUT2D eigenvalue weighted by Gasteiger charge is 2.65. The van der Waals surface area contributed by atoms with E-state index in [1.54, 1.807) is 6.92 Å². The quantitative estimate of drug-likeness (QED) is 0.668. The van der Waals surface area contributed by atoms with Gasteiger partial charge in [0, 0.05) is 12.5 Å². The molecule has 2 nitrogen and oxygen atoms in total. The largest absolute Gasteiger partial charge is 0.373 e. The number of carbonyl (C=O) groups excluding carboxylic acids is 1. The summed E-state index contributed by atoms with van der Waals surface area (Å²) in [5.74, 6) is -1.62. The number of hydrogen-bond acceptors (Lipinski definition) is 2. The molecule has 0 radical (unpaired) electrons. The van der Waals surface area contributed by atoms with Gasteiger partial charge in [-0.1, -0.05) is 53.5 Å². The van der Waals surface area contributed by atoms with Crippen LogP contribution in [0.15, 0.2) is 48.5 Å². The number of carbonyl (C=O) groups is 1. The van der Waals surface area contributed by atoms with E-state index in [1.807, 2.05) is 30.3 Å². The molecule has 25 heavy (non-hydrogen) atoms. The molecule has 0 aliphatic heterocycles. The molecule has 132 valence electrons. The number of rotatable bonds is 5. The summed E-state index contributed by atoms with van der Waals surface area (Å²) in [6, 6.07) is 12.4. The van der Waals surface area contributed by atoms with Gasteiger partial charge in [-0.05, 0) is 30.2 Å². The van der Waals surface area contributed by atoms with Crippen molar-refractivity contribution in [2.24, 2.45) is 0 Å². The summed E-state index contributed by atoms with van der Waals surface area (Å²) in [6.07, 6.45) is -0.445. The van der Waals surface area contributed by atoms with Crippen molar-refractivity contribution in [3.8, 4) is 0 Å². The lowest BCUT2D eigenvalue weighted by Gasteiger charge is -2.50. The molecule has 1 aliphatic carbocycles. The van der Waals surface area contributed by atoms with Crippen LogP contribution in [0.2, 0.25) is 0 Å². The Hall–Kier alpha value is -1.49. The maximum Gasteiger partial charge on any atom is 0.188 e. The van der Waals surface area contributed by atoms with Gasteiger partial charge in [0.15, 0.2) is 10.1 Å². The molecule has 0 spiro atoms. The normalized spacial score (nSPS) is 23.2. The Morgan fingerprint density at radius 3 is 2.24 bits per heavy atom. The molecular formula is C19H16Cl2F2O2. The molecule has 0 N–H and O–H groups in total. The Kier molecular flexibility index (Phi) is 4.89. The van der Waals surface area contributed by atoms with Crippen LogP contribution in [-0.2, 0) is 14.9 Å². The summed E-state index contributed by atoms with van der Waals surface area (Å²) in [6.45, 7) is 1.73. The van der Waals surface area contributed by atoms with Crippen molar-refractivity contribution < 1.29 is 18.3 Å². The molecule has 1 fully saturated rings. The Morgan fingerprint density at radius 2 is 1.72 bits per heavy atom. The van der Waals surface area contributed by atoms with Crippen molar-refractivity contribution in [2.45, 2.75) is 29.2 Å². The average molecular weight is 385 g/mol. The maximum atomic E-state index is 13.4. The average Bonchev–Trinajstić information content (AvgIpc) is 2.57. The fraction of sp³-hybridized carbons (Fsp3) is 0.316. The lowest BCUT2D eigenvalue weighted by molar-refractivity contribution is -0.133. The number of ether oxygens (including phenoxy) is 1. The van der Waals surface area contributed by atoms with Crippen LogP contribution in [0.25, 0.3) is 0 Å². The highest BCUT2D eigenvalue weighted by atomic mass is 35.5. The number of benzene rings is 2. The zero-order chi connectivity index (χ0) is 18.2. The first-order valence-electron chi connectivity index (χ1n) is 7.80. The maximum absolute atomic E-state index is 13.4. The van der Waals surface area contributed by atoms with Gasteiger partial charge in [-0.25, -0.2) is 8.78 Å². The molecule has 1 aliphatic rings. The lowest BCUT2D eigenvalue weighted by atomic mass is 9.63. The van der Waals surface area contributed by atoms with E-state index in [4.69, 9.17) is 27.9 Å². The summed E-state index contributed by atoms with van der Waals surface area (Å²) in [4.78, 5) is 11.9. The molecule has 2 aromatic carbocycles. The van der Waals surface area contributed by atoms with Gasteiger partial charge in [-0.3, -0.25) is 4.79 Å². The molecule has 0 amide bonds. The van der Waals surface area contributed by atoms with E-state index in [9.17, 15) is 13.6 Å². The second-order valence-electron chi connectivity index (χ2n) is 6.28. The van der Waals surface area contributed by atoms with Gasteiger partial charge in [0.2, 0.25) is 0 Å². The van der Waals surface area contributed by atoms with Gasteiger partial charge < -0.3 is 4.74 Å². The van der Waals surface area contributed by atoms with E-state index < -0.39 is 27.5 Å². The SMILES string of the molecule is C[C@@H](OCC1(c2ccccc2)CC(=O)C1(Cl)Cl)c1cc(F)cc(F)c1. The van der Waals surface area contributed by atoms with E-state index in [-0.39, 0.29) is 18.8 Å². The molecule has 2 atom stereocenters. The second-order valence-corrected chi connectivity index (χ2v) is 7.61. The topological polar surface area (TPSA) is 26.3 Å². The standard InChI is InChI=1S/C19H16Cl2F2O2/c1-12(13-7-15(22)9-16(23)8-13)25-11-18(10-17(24)19(18,20)21)14-5-3-2-4-6-14/h2-9,12H,10-11H2,1H3/t12-,18?/m1/s1. The monoisotopic (exact) mass is 384 g/mol. The number of ketones is 1. The number of alkyl halides is 2. The van der Waals surface area contributed by atoms with Gasteiger partial charge in [0.25, 0.3) is 0 Å². The van der Waals surface area contributed by atoms with E-state index in [0.717, 1.165) is 11.6 Å². The molecule has 6 heteroatoms. The molecule has 0 saturated heterocycles. The van der Waals surface area contributed by atoms with Crippen molar-refractivity contribution in [3.05, 3.63) is 71.3 Å². The van der Waals surface area contributed by atoms with Crippen molar-refractivity contribution >= 4 is 29.0 Å². The first-order chi connectivity index (χ1) is 11.8. The predicted octanol–water partition coefficient (Wildman–Crippen LogP) is 5.13. The smallest absolute Gasteiger partial charge is 0.188 e.